The average molecular weight is 303 g/mol. The van der Waals surface area contributed by atoms with Gasteiger partial charge >= 0.3 is 0 Å². The number of ether oxygens (including phenoxy) is 2. The van der Waals surface area contributed by atoms with Crippen LogP contribution in [0.2, 0.25) is 0 Å². The summed E-state index contributed by atoms with van der Waals surface area (Å²) in [6.07, 6.45) is 1.14. The lowest BCUT2D eigenvalue weighted by Crippen LogP contribution is -2.41. The number of aliphatic imine (C=N–C) groups is 1. The van der Waals surface area contributed by atoms with Crippen LogP contribution in [0.1, 0.15) is 23.1 Å². The Balaban J connectivity index is 1.54. The summed E-state index contributed by atoms with van der Waals surface area (Å²) in [4.78, 5) is 6.57. The molecule has 0 amide bonds. The molecule has 3 rings (SSSR count). The van der Waals surface area contributed by atoms with Crippen molar-refractivity contribution in [3.8, 4) is 0 Å². The quantitative estimate of drug-likeness (QED) is 0.680. The molecule has 2 aliphatic heterocycles. The summed E-state index contributed by atoms with van der Waals surface area (Å²) in [5.41, 5.74) is 3.89. The van der Waals surface area contributed by atoms with Gasteiger partial charge in [-0.1, -0.05) is 18.2 Å². The Bertz CT molecular complexity index is 539. The first-order chi connectivity index (χ1) is 10.8. The van der Waals surface area contributed by atoms with Crippen molar-refractivity contribution in [2.24, 2.45) is 10.9 Å². The van der Waals surface area contributed by atoms with Crippen LogP contribution in [0.4, 0.5) is 0 Å². The third kappa shape index (κ3) is 3.59. The van der Waals surface area contributed by atoms with Gasteiger partial charge in [0.1, 0.15) is 0 Å². The van der Waals surface area contributed by atoms with E-state index in [0.29, 0.717) is 5.92 Å². The Morgan fingerprint density at radius 2 is 2.18 bits per heavy atom. The van der Waals surface area contributed by atoms with E-state index in [4.69, 9.17) is 9.47 Å². The van der Waals surface area contributed by atoms with Crippen LogP contribution in [-0.2, 0) is 29.2 Å². The molecule has 2 aliphatic rings. The number of guanidine groups is 1. The largest absolute Gasteiger partial charge is 0.381 e. The Hall–Kier alpha value is -1.59. The molecule has 1 atom stereocenters. The second-order valence-corrected chi connectivity index (χ2v) is 6.11. The standard InChI is InChI=1S/C17H25N3O2/c1-18-17(20(2)9-14-5-6-21-10-14)19-8-13-3-4-15-11-22-12-16(15)7-13/h3-4,7,14H,5-6,8-12H2,1-2H3,(H,18,19). The molecule has 0 saturated carbocycles. The highest BCUT2D eigenvalue weighted by Gasteiger charge is 2.19. The fourth-order valence-electron chi connectivity index (χ4n) is 3.10. The Morgan fingerprint density at radius 1 is 1.32 bits per heavy atom. The van der Waals surface area contributed by atoms with Gasteiger partial charge in [-0.2, -0.15) is 0 Å². The molecule has 0 spiro atoms. The molecule has 1 fully saturated rings. The predicted molar refractivity (Wildman–Crippen MR) is 86.7 cm³/mol. The topological polar surface area (TPSA) is 46.1 Å². The molecule has 5 nitrogen and oxygen atoms in total. The van der Waals surface area contributed by atoms with Crippen LogP contribution in [-0.4, -0.2) is 44.7 Å². The zero-order chi connectivity index (χ0) is 15.4. The summed E-state index contributed by atoms with van der Waals surface area (Å²) < 4.78 is 10.9. The van der Waals surface area contributed by atoms with Crippen LogP contribution in [0.5, 0.6) is 0 Å². The van der Waals surface area contributed by atoms with E-state index in [1.807, 2.05) is 7.05 Å². The fourth-order valence-corrected chi connectivity index (χ4v) is 3.10. The highest BCUT2D eigenvalue weighted by molar-refractivity contribution is 5.79. The van der Waals surface area contributed by atoms with Gasteiger partial charge < -0.3 is 19.7 Å². The Labute approximate surface area is 132 Å². The predicted octanol–water partition coefficient (Wildman–Crippen LogP) is 1.76. The highest BCUT2D eigenvalue weighted by atomic mass is 16.5. The van der Waals surface area contributed by atoms with Crippen LogP contribution >= 0.6 is 0 Å². The lowest BCUT2D eigenvalue weighted by molar-refractivity contribution is 0.134. The molecule has 2 heterocycles. The monoisotopic (exact) mass is 303 g/mol. The van der Waals surface area contributed by atoms with Gasteiger partial charge in [0.2, 0.25) is 0 Å². The molecule has 0 radical (unpaired) electrons. The van der Waals surface area contributed by atoms with Gasteiger partial charge in [0.05, 0.1) is 19.8 Å². The van der Waals surface area contributed by atoms with Gasteiger partial charge in [0.25, 0.3) is 0 Å². The SMILES string of the molecule is CN=C(NCc1ccc2c(c1)COC2)N(C)CC1CCOC1. The maximum Gasteiger partial charge on any atom is 0.193 e. The summed E-state index contributed by atoms with van der Waals surface area (Å²) in [7, 11) is 3.92. The van der Waals surface area contributed by atoms with Crippen molar-refractivity contribution in [3.05, 3.63) is 34.9 Å². The molecule has 1 N–H and O–H groups in total. The van der Waals surface area contributed by atoms with Gasteiger partial charge in [-0.05, 0) is 23.1 Å². The van der Waals surface area contributed by atoms with Gasteiger partial charge in [0.15, 0.2) is 5.96 Å². The minimum atomic E-state index is 0.612. The van der Waals surface area contributed by atoms with E-state index in [1.54, 1.807) is 0 Å². The van der Waals surface area contributed by atoms with Crippen LogP contribution in [0.15, 0.2) is 23.2 Å². The normalized spacial score (nSPS) is 21.0. The summed E-state index contributed by atoms with van der Waals surface area (Å²) >= 11 is 0. The van der Waals surface area contributed by atoms with E-state index in [2.05, 4.69) is 40.5 Å². The molecule has 1 unspecified atom stereocenters. The van der Waals surface area contributed by atoms with Crippen molar-refractivity contribution in [2.75, 3.05) is 33.9 Å². The van der Waals surface area contributed by atoms with Crippen LogP contribution in [0.3, 0.4) is 0 Å². The Kier molecular flexibility index (Phi) is 4.95. The minimum Gasteiger partial charge on any atom is -0.381 e. The fraction of sp³-hybridized carbons (Fsp3) is 0.588. The Morgan fingerprint density at radius 3 is 2.95 bits per heavy atom. The average Bonchev–Trinajstić information content (AvgIpc) is 3.18. The first-order valence-electron chi connectivity index (χ1n) is 7.94. The van der Waals surface area contributed by atoms with Crippen LogP contribution in [0.25, 0.3) is 0 Å². The van der Waals surface area contributed by atoms with Crippen molar-refractivity contribution in [1.29, 1.82) is 0 Å². The van der Waals surface area contributed by atoms with Crippen LogP contribution in [0, 0.1) is 5.92 Å². The highest BCUT2D eigenvalue weighted by Crippen LogP contribution is 2.20. The molecule has 1 aromatic rings. The molecular weight excluding hydrogens is 278 g/mol. The van der Waals surface area contributed by atoms with E-state index in [9.17, 15) is 0 Å². The minimum absolute atomic E-state index is 0.612. The van der Waals surface area contributed by atoms with E-state index in [-0.39, 0.29) is 0 Å². The number of nitrogens with one attached hydrogen (secondary N) is 1. The molecule has 0 bridgehead atoms. The maximum absolute atomic E-state index is 5.47. The molecule has 1 saturated heterocycles. The number of hydrogen-bond donors (Lipinski definition) is 1. The first-order valence-corrected chi connectivity index (χ1v) is 7.94. The van der Waals surface area contributed by atoms with Gasteiger partial charge in [-0.25, -0.2) is 0 Å². The maximum atomic E-state index is 5.47. The molecule has 5 heteroatoms. The zero-order valence-corrected chi connectivity index (χ0v) is 13.5. The van der Waals surface area contributed by atoms with Gasteiger partial charge in [0, 0.05) is 39.7 Å². The first kappa shape index (κ1) is 15.3. The zero-order valence-electron chi connectivity index (χ0n) is 13.5. The summed E-state index contributed by atoms with van der Waals surface area (Å²) in [5, 5.41) is 3.44. The molecule has 120 valence electrons. The molecule has 0 aliphatic carbocycles. The van der Waals surface area contributed by atoms with E-state index < -0.39 is 0 Å². The van der Waals surface area contributed by atoms with E-state index in [1.165, 1.54) is 16.7 Å². The number of nitrogens with zero attached hydrogens (tertiary/aromatic N) is 2. The molecule has 0 aromatic heterocycles. The summed E-state index contributed by atoms with van der Waals surface area (Å²) in [5.74, 6) is 1.55. The van der Waals surface area contributed by atoms with Gasteiger partial charge in [-0.15, -0.1) is 0 Å². The molecule has 22 heavy (non-hydrogen) atoms. The lowest BCUT2D eigenvalue weighted by atomic mass is 10.1. The van der Waals surface area contributed by atoms with Crippen molar-refractivity contribution in [3.63, 3.8) is 0 Å². The smallest absolute Gasteiger partial charge is 0.193 e. The molecular formula is C17H25N3O2. The second kappa shape index (κ2) is 7.11. The van der Waals surface area contributed by atoms with Crippen molar-refractivity contribution in [2.45, 2.75) is 26.2 Å². The lowest BCUT2D eigenvalue weighted by Gasteiger charge is -2.24. The number of benzene rings is 1. The summed E-state index contributed by atoms with van der Waals surface area (Å²) in [6, 6.07) is 6.56. The number of hydrogen-bond acceptors (Lipinski definition) is 3. The third-order valence-corrected chi connectivity index (χ3v) is 4.37. The second-order valence-electron chi connectivity index (χ2n) is 6.11. The number of rotatable bonds is 4. The number of fused-ring (bicyclic) bond motifs is 1. The van der Waals surface area contributed by atoms with Gasteiger partial charge in [-0.3, -0.25) is 4.99 Å². The van der Waals surface area contributed by atoms with Crippen molar-refractivity contribution < 1.29 is 9.47 Å². The summed E-state index contributed by atoms with van der Waals surface area (Å²) in [6.45, 7) is 5.01. The third-order valence-electron chi connectivity index (χ3n) is 4.37. The van der Waals surface area contributed by atoms with E-state index >= 15 is 0 Å². The van der Waals surface area contributed by atoms with E-state index in [0.717, 1.165) is 51.9 Å². The van der Waals surface area contributed by atoms with Crippen molar-refractivity contribution >= 4 is 5.96 Å². The van der Waals surface area contributed by atoms with Crippen molar-refractivity contribution in [1.82, 2.24) is 10.2 Å². The van der Waals surface area contributed by atoms with Crippen LogP contribution < -0.4 is 5.32 Å². The molecule has 1 aromatic carbocycles.